The number of nitrogens with zero attached hydrogens (tertiary/aromatic N) is 2. The molecule has 2 aromatic heterocycles. The highest BCUT2D eigenvalue weighted by Crippen LogP contribution is 2.07. The van der Waals surface area contributed by atoms with Crippen molar-refractivity contribution >= 4 is 34.1 Å². The van der Waals surface area contributed by atoms with Crippen LogP contribution in [0, 0.1) is 0 Å². The Labute approximate surface area is 152 Å². The zero-order chi connectivity index (χ0) is 18.5. The fraction of sp³-hybridized carbons (Fsp3) is 0.176. The molecule has 0 saturated carbocycles. The Morgan fingerprint density at radius 3 is 2.77 bits per heavy atom. The number of benzene rings is 1. The van der Waals surface area contributed by atoms with Crippen LogP contribution in [-0.4, -0.2) is 40.3 Å². The lowest BCUT2D eigenvalue weighted by Crippen LogP contribution is -2.45. The minimum absolute atomic E-state index is 0.0290. The Morgan fingerprint density at radius 2 is 2.00 bits per heavy atom. The number of H-pyrrole nitrogens is 1. The fourth-order valence-corrected chi connectivity index (χ4v) is 3.02. The standard InChI is InChI=1S/C17H17N5O3S/c1-22(10-15(23)20-21-17(25)13-7-4-8-26-13)9-14-18-12-6-3-2-5-11(12)16(24)19-14/h2-8H,9-10H2,1H3,(H,20,23)(H,21,25)(H,18,19,24). The lowest BCUT2D eigenvalue weighted by molar-refractivity contribution is -0.122. The van der Waals surface area contributed by atoms with E-state index in [-0.39, 0.29) is 30.5 Å². The number of hydrogen-bond acceptors (Lipinski definition) is 6. The Hall–Kier alpha value is -3.04. The van der Waals surface area contributed by atoms with E-state index >= 15 is 0 Å². The Bertz CT molecular complexity index is 983. The van der Waals surface area contributed by atoms with Crippen molar-refractivity contribution in [2.75, 3.05) is 13.6 Å². The zero-order valence-electron chi connectivity index (χ0n) is 14.0. The summed E-state index contributed by atoms with van der Waals surface area (Å²) in [6, 6.07) is 10.5. The van der Waals surface area contributed by atoms with Crippen LogP contribution in [0.3, 0.4) is 0 Å². The maximum Gasteiger partial charge on any atom is 0.279 e. The second-order valence-corrected chi connectivity index (χ2v) is 6.63. The Kier molecular flexibility index (Phi) is 5.40. The number of likely N-dealkylation sites (N-methyl/N-ethyl adjacent to an activating group) is 1. The molecular formula is C17H17N5O3S. The molecule has 0 aliphatic rings. The number of para-hydroxylation sites is 1. The number of carbonyl (C=O) groups is 2. The first-order chi connectivity index (χ1) is 12.5. The van der Waals surface area contributed by atoms with Crippen molar-refractivity contribution in [3.8, 4) is 0 Å². The van der Waals surface area contributed by atoms with Crippen molar-refractivity contribution < 1.29 is 9.59 Å². The normalized spacial score (nSPS) is 10.8. The van der Waals surface area contributed by atoms with Gasteiger partial charge in [0, 0.05) is 0 Å². The number of aromatic amines is 1. The van der Waals surface area contributed by atoms with Gasteiger partial charge in [-0.2, -0.15) is 0 Å². The Morgan fingerprint density at radius 1 is 1.19 bits per heavy atom. The van der Waals surface area contributed by atoms with Crippen LogP contribution in [0.5, 0.6) is 0 Å². The van der Waals surface area contributed by atoms with Crippen LogP contribution in [0.2, 0.25) is 0 Å². The van der Waals surface area contributed by atoms with E-state index in [1.54, 1.807) is 47.7 Å². The molecule has 0 bridgehead atoms. The van der Waals surface area contributed by atoms with E-state index in [1.807, 2.05) is 6.07 Å². The minimum Gasteiger partial charge on any atom is -0.309 e. The molecule has 2 amide bonds. The number of hydrogen-bond donors (Lipinski definition) is 3. The number of hydrazine groups is 1. The summed E-state index contributed by atoms with van der Waals surface area (Å²) in [6.45, 7) is 0.313. The van der Waals surface area contributed by atoms with E-state index in [0.29, 0.717) is 21.6 Å². The van der Waals surface area contributed by atoms with Gasteiger partial charge in [-0.15, -0.1) is 11.3 Å². The summed E-state index contributed by atoms with van der Waals surface area (Å²) in [7, 11) is 1.72. The van der Waals surface area contributed by atoms with Crippen LogP contribution >= 0.6 is 11.3 Å². The highest BCUT2D eigenvalue weighted by Gasteiger charge is 2.12. The van der Waals surface area contributed by atoms with Crippen molar-refractivity contribution in [1.82, 2.24) is 25.7 Å². The van der Waals surface area contributed by atoms with E-state index in [4.69, 9.17) is 0 Å². The largest absolute Gasteiger partial charge is 0.309 e. The van der Waals surface area contributed by atoms with Crippen molar-refractivity contribution in [3.05, 3.63) is 62.8 Å². The van der Waals surface area contributed by atoms with Gasteiger partial charge in [-0.25, -0.2) is 4.98 Å². The number of thiophene rings is 1. The first-order valence-corrected chi connectivity index (χ1v) is 8.70. The summed E-state index contributed by atoms with van der Waals surface area (Å²) in [5.41, 5.74) is 5.11. The first kappa shape index (κ1) is 17.8. The molecule has 0 fully saturated rings. The first-order valence-electron chi connectivity index (χ1n) is 7.82. The second-order valence-electron chi connectivity index (χ2n) is 5.68. The molecule has 3 rings (SSSR count). The molecule has 2 heterocycles. The molecule has 134 valence electrons. The highest BCUT2D eigenvalue weighted by atomic mass is 32.1. The lowest BCUT2D eigenvalue weighted by Gasteiger charge is -2.16. The summed E-state index contributed by atoms with van der Waals surface area (Å²) < 4.78 is 0. The maximum absolute atomic E-state index is 12.1. The number of rotatable bonds is 5. The van der Waals surface area contributed by atoms with Gasteiger partial charge in [0.2, 0.25) is 0 Å². The maximum atomic E-state index is 12.1. The van der Waals surface area contributed by atoms with Crippen molar-refractivity contribution in [3.63, 3.8) is 0 Å². The van der Waals surface area contributed by atoms with Crippen LogP contribution in [0.15, 0.2) is 46.6 Å². The SMILES string of the molecule is CN(CC(=O)NNC(=O)c1cccs1)Cc1nc2ccccc2c(=O)[nH]1. The van der Waals surface area contributed by atoms with Gasteiger partial charge in [0.25, 0.3) is 17.4 Å². The summed E-state index contributed by atoms with van der Waals surface area (Å²) in [5.74, 6) is -0.274. The molecule has 26 heavy (non-hydrogen) atoms. The average Bonchev–Trinajstić information content (AvgIpc) is 3.14. The highest BCUT2D eigenvalue weighted by molar-refractivity contribution is 7.12. The van der Waals surface area contributed by atoms with Crippen LogP contribution in [0.25, 0.3) is 10.9 Å². The van der Waals surface area contributed by atoms with Gasteiger partial charge in [-0.3, -0.25) is 30.1 Å². The molecule has 0 aliphatic heterocycles. The predicted octanol–water partition coefficient (Wildman–Crippen LogP) is 0.878. The van der Waals surface area contributed by atoms with Gasteiger partial charge in [0.05, 0.1) is 28.9 Å². The summed E-state index contributed by atoms with van der Waals surface area (Å²) in [5, 5.41) is 2.30. The van der Waals surface area contributed by atoms with Crippen molar-refractivity contribution in [2.24, 2.45) is 0 Å². The van der Waals surface area contributed by atoms with Crippen LogP contribution in [0.1, 0.15) is 15.5 Å². The summed E-state index contributed by atoms with van der Waals surface area (Å²) in [4.78, 5) is 45.1. The van der Waals surface area contributed by atoms with Gasteiger partial charge >= 0.3 is 0 Å². The molecule has 8 nitrogen and oxygen atoms in total. The number of fused-ring (bicyclic) bond motifs is 1. The molecule has 9 heteroatoms. The molecule has 0 atom stereocenters. The van der Waals surface area contributed by atoms with E-state index < -0.39 is 0 Å². The van der Waals surface area contributed by atoms with E-state index in [0.717, 1.165) is 0 Å². The quantitative estimate of drug-likeness (QED) is 0.577. The third-order valence-corrected chi connectivity index (χ3v) is 4.42. The monoisotopic (exact) mass is 371 g/mol. The van der Waals surface area contributed by atoms with Crippen molar-refractivity contribution in [2.45, 2.75) is 6.54 Å². The van der Waals surface area contributed by atoms with Crippen LogP contribution in [0.4, 0.5) is 0 Å². The number of amides is 2. The van der Waals surface area contributed by atoms with Gasteiger partial charge in [-0.1, -0.05) is 18.2 Å². The van der Waals surface area contributed by atoms with Crippen LogP contribution < -0.4 is 16.4 Å². The van der Waals surface area contributed by atoms with Crippen molar-refractivity contribution in [1.29, 1.82) is 0 Å². The van der Waals surface area contributed by atoms with Gasteiger partial charge in [0.15, 0.2) is 0 Å². The van der Waals surface area contributed by atoms with Gasteiger partial charge in [0.1, 0.15) is 5.82 Å². The van der Waals surface area contributed by atoms with E-state index in [2.05, 4.69) is 20.8 Å². The average molecular weight is 371 g/mol. The molecule has 3 aromatic rings. The third-order valence-electron chi connectivity index (χ3n) is 3.56. The summed E-state index contributed by atoms with van der Waals surface area (Å²) in [6.07, 6.45) is 0. The number of nitrogens with one attached hydrogen (secondary N) is 3. The molecule has 1 aromatic carbocycles. The molecule has 0 saturated heterocycles. The Balaban J connectivity index is 1.55. The number of aromatic nitrogens is 2. The number of carbonyl (C=O) groups excluding carboxylic acids is 2. The second kappa shape index (κ2) is 7.89. The molecule has 0 radical (unpaired) electrons. The third kappa shape index (κ3) is 4.32. The lowest BCUT2D eigenvalue weighted by atomic mass is 10.2. The fourth-order valence-electron chi connectivity index (χ4n) is 2.40. The zero-order valence-corrected chi connectivity index (χ0v) is 14.8. The van der Waals surface area contributed by atoms with Crippen LogP contribution in [-0.2, 0) is 11.3 Å². The van der Waals surface area contributed by atoms with E-state index in [1.165, 1.54) is 11.3 Å². The molecule has 0 spiro atoms. The van der Waals surface area contributed by atoms with E-state index in [9.17, 15) is 14.4 Å². The molecule has 0 unspecified atom stereocenters. The van der Waals surface area contributed by atoms with Gasteiger partial charge in [-0.05, 0) is 30.6 Å². The smallest absolute Gasteiger partial charge is 0.279 e. The topological polar surface area (TPSA) is 107 Å². The summed E-state index contributed by atoms with van der Waals surface area (Å²) >= 11 is 1.28. The van der Waals surface area contributed by atoms with Gasteiger partial charge < -0.3 is 4.98 Å². The predicted molar refractivity (Wildman–Crippen MR) is 98.6 cm³/mol. The molecule has 3 N–H and O–H groups in total. The molecular weight excluding hydrogens is 354 g/mol. The molecule has 0 aliphatic carbocycles. The minimum atomic E-state index is -0.374.